The molecule has 1 aromatic rings. The zero-order valence-corrected chi connectivity index (χ0v) is 10.6. The van der Waals surface area contributed by atoms with Gasteiger partial charge in [-0.3, -0.25) is 4.79 Å². The molecule has 3 nitrogen and oxygen atoms in total. The molecule has 0 atom stereocenters. The molecule has 0 heterocycles. The Morgan fingerprint density at radius 3 is 2.59 bits per heavy atom. The Kier molecular flexibility index (Phi) is 3.36. The molecule has 1 fully saturated rings. The number of carbonyl (C=O) groups is 1. The van der Waals surface area contributed by atoms with E-state index in [1.165, 1.54) is 12.8 Å². The summed E-state index contributed by atoms with van der Waals surface area (Å²) in [5.41, 5.74) is 8.25. The number of carbonyl (C=O) groups excluding carboxylic acids is 1. The summed E-state index contributed by atoms with van der Waals surface area (Å²) in [6.07, 6.45) is 4.73. The second-order valence-electron chi connectivity index (χ2n) is 4.93. The number of rotatable bonds is 2. The highest BCUT2D eigenvalue weighted by molar-refractivity contribution is 5.95. The number of nitrogen functional groups attached to an aromatic ring is 1. The molecular weight excluding hydrogens is 212 g/mol. The number of benzene rings is 1. The minimum absolute atomic E-state index is 0.0867. The number of hydrogen-bond donors (Lipinski definition) is 1. The lowest BCUT2D eigenvalue weighted by Crippen LogP contribution is -2.35. The summed E-state index contributed by atoms with van der Waals surface area (Å²) in [4.78, 5) is 14.1. The molecule has 2 rings (SSSR count). The van der Waals surface area contributed by atoms with Gasteiger partial charge in [0.25, 0.3) is 5.91 Å². The predicted octanol–water partition coefficient (Wildman–Crippen LogP) is 2.59. The third-order valence-electron chi connectivity index (χ3n) is 3.72. The highest BCUT2D eigenvalue weighted by atomic mass is 16.2. The first kappa shape index (κ1) is 12.0. The number of aryl methyl sites for hydroxylation is 1. The molecule has 0 bridgehead atoms. The average Bonchev–Trinajstić information content (AvgIpc) is 2.84. The van der Waals surface area contributed by atoms with E-state index in [1.807, 2.05) is 31.0 Å². The lowest BCUT2D eigenvalue weighted by molar-refractivity contribution is 0.0735. The Bertz CT molecular complexity index is 422. The van der Waals surface area contributed by atoms with Gasteiger partial charge in [0, 0.05) is 24.3 Å². The van der Waals surface area contributed by atoms with Crippen molar-refractivity contribution in [1.29, 1.82) is 0 Å². The van der Waals surface area contributed by atoms with Crippen molar-refractivity contribution in [3.63, 3.8) is 0 Å². The topological polar surface area (TPSA) is 46.3 Å². The first-order chi connectivity index (χ1) is 8.09. The van der Waals surface area contributed by atoms with Crippen LogP contribution in [0.3, 0.4) is 0 Å². The summed E-state index contributed by atoms with van der Waals surface area (Å²) in [5, 5.41) is 0. The SMILES string of the molecule is Cc1ccc(C(=O)N(C)C2CCCC2)cc1N. The molecule has 0 spiro atoms. The lowest BCUT2D eigenvalue weighted by Gasteiger charge is -2.24. The van der Waals surface area contributed by atoms with Gasteiger partial charge in [0.05, 0.1) is 0 Å². The third-order valence-corrected chi connectivity index (χ3v) is 3.72. The van der Waals surface area contributed by atoms with Crippen LogP contribution in [-0.4, -0.2) is 23.9 Å². The maximum atomic E-state index is 12.3. The zero-order valence-electron chi connectivity index (χ0n) is 10.6. The van der Waals surface area contributed by atoms with Crippen LogP contribution in [0, 0.1) is 6.92 Å². The van der Waals surface area contributed by atoms with Crippen molar-refractivity contribution in [2.75, 3.05) is 12.8 Å². The monoisotopic (exact) mass is 232 g/mol. The quantitative estimate of drug-likeness (QED) is 0.797. The van der Waals surface area contributed by atoms with E-state index in [4.69, 9.17) is 5.73 Å². The zero-order chi connectivity index (χ0) is 12.4. The van der Waals surface area contributed by atoms with E-state index in [9.17, 15) is 4.79 Å². The smallest absolute Gasteiger partial charge is 0.253 e. The highest BCUT2D eigenvalue weighted by Gasteiger charge is 2.24. The van der Waals surface area contributed by atoms with E-state index in [2.05, 4.69) is 0 Å². The van der Waals surface area contributed by atoms with E-state index >= 15 is 0 Å². The van der Waals surface area contributed by atoms with Crippen molar-refractivity contribution in [3.05, 3.63) is 29.3 Å². The van der Waals surface area contributed by atoms with Crippen molar-refractivity contribution < 1.29 is 4.79 Å². The van der Waals surface area contributed by atoms with E-state index in [0.717, 1.165) is 18.4 Å². The number of hydrogen-bond acceptors (Lipinski definition) is 2. The molecule has 2 N–H and O–H groups in total. The average molecular weight is 232 g/mol. The minimum atomic E-state index is 0.0867. The van der Waals surface area contributed by atoms with Crippen molar-refractivity contribution in [3.8, 4) is 0 Å². The van der Waals surface area contributed by atoms with Gasteiger partial charge in [0.15, 0.2) is 0 Å². The molecule has 1 amide bonds. The van der Waals surface area contributed by atoms with Crippen LogP contribution >= 0.6 is 0 Å². The molecular formula is C14H20N2O. The third kappa shape index (κ3) is 2.43. The summed E-state index contributed by atoms with van der Waals surface area (Å²) in [5.74, 6) is 0.0867. The van der Waals surface area contributed by atoms with Gasteiger partial charge in [0.1, 0.15) is 0 Å². The van der Waals surface area contributed by atoms with E-state index < -0.39 is 0 Å². The summed E-state index contributed by atoms with van der Waals surface area (Å²) < 4.78 is 0. The summed E-state index contributed by atoms with van der Waals surface area (Å²) in [7, 11) is 1.90. The van der Waals surface area contributed by atoms with Crippen LogP contribution in [0.4, 0.5) is 5.69 Å². The molecule has 1 aromatic carbocycles. The Labute approximate surface area is 103 Å². The fraction of sp³-hybridized carbons (Fsp3) is 0.500. The molecule has 0 aliphatic heterocycles. The standard InChI is InChI=1S/C14H20N2O/c1-10-7-8-11(9-13(10)15)14(17)16(2)12-5-3-4-6-12/h7-9,12H,3-6,15H2,1-2H3. The largest absolute Gasteiger partial charge is 0.398 e. The lowest BCUT2D eigenvalue weighted by atomic mass is 10.1. The van der Waals surface area contributed by atoms with Gasteiger partial charge in [-0.2, -0.15) is 0 Å². The first-order valence-electron chi connectivity index (χ1n) is 6.23. The molecule has 0 aromatic heterocycles. The van der Waals surface area contributed by atoms with Crippen LogP contribution in [-0.2, 0) is 0 Å². The van der Waals surface area contributed by atoms with Gasteiger partial charge >= 0.3 is 0 Å². The van der Waals surface area contributed by atoms with Gasteiger partial charge in [-0.1, -0.05) is 18.9 Å². The molecule has 1 saturated carbocycles. The minimum Gasteiger partial charge on any atom is -0.398 e. The van der Waals surface area contributed by atoms with Gasteiger partial charge in [0.2, 0.25) is 0 Å². The molecule has 1 aliphatic carbocycles. The molecule has 92 valence electrons. The van der Waals surface area contributed by atoms with Crippen LogP contribution in [0.25, 0.3) is 0 Å². The van der Waals surface area contributed by atoms with Crippen LogP contribution in [0.2, 0.25) is 0 Å². The van der Waals surface area contributed by atoms with Gasteiger partial charge in [-0.05, 0) is 37.5 Å². The maximum Gasteiger partial charge on any atom is 0.253 e. The van der Waals surface area contributed by atoms with Crippen molar-refractivity contribution in [2.24, 2.45) is 0 Å². The van der Waals surface area contributed by atoms with Crippen molar-refractivity contribution >= 4 is 11.6 Å². The second-order valence-corrected chi connectivity index (χ2v) is 4.93. The number of amides is 1. The van der Waals surface area contributed by atoms with Gasteiger partial charge in [-0.25, -0.2) is 0 Å². The van der Waals surface area contributed by atoms with Crippen LogP contribution < -0.4 is 5.73 Å². The van der Waals surface area contributed by atoms with Gasteiger partial charge < -0.3 is 10.6 Å². The van der Waals surface area contributed by atoms with E-state index in [-0.39, 0.29) is 5.91 Å². The Morgan fingerprint density at radius 2 is 2.00 bits per heavy atom. The Morgan fingerprint density at radius 1 is 1.35 bits per heavy atom. The highest BCUT2D eigenvalue weighted by Crippen LogP contribution is 2.24. The first-order valence-corrected chi connectivity index (χ1v) is 6.23. The number of nitrogens with zero attached hydrogens (tertiary/aromatic N) is 1. The van der Waals surface area contributed by atoms with Crippen LogP contribution in [0.5, 0.6) is 0 Å². The van der Waals surface area contributed by atoms with Gasteiger partial charge in [-0.15, -0.1) is 0 Å². The summed E-state index contributed by atoms with van der Waals surface area (Å²) in [6, 6.07) is 5.96. The molecule has 0 radical (unpaired) electrons. The van der Waals surface area contributed by atoms with Crippen LogP contribution in [0.15, 0.2) is 18.2 Å². The second kappa shape index (κ2) is 4.78. The molecule has 1 aliphatic rings. The summed E-state index contributed by atoms with van der Waals surface area (Å²) in [6.45, 7) is 1.95. The fourth-order valence-electron chi connectivity index (χ4n) is 2.43. The molecule has 0 saturated heterocycles. The predicted molar refractivity (Wildman–Crippen MR) is 69.9 cm³/mol. The normalized spacial score (nSPS) is 16.1. The summed E-state index contributed by atoms with van der Waals surface area (Å²) >= 11 is 0. The number of anilines is 1. The van der Waals surface area contributed by atoms with E-state index in [0.29, 0.717) is 17.3 Å². The Balaban J connectivity index is 2.15. The fourth-order valence-corrected chi connectivity index (χ4v) is 2.43. The van der Waals surface area contributed by atoms with E-state index in [1.54, 1.807) is 6.07 Å². The Hall–Kier alpha value is -1.51. The molecule has 17 heavy (non-hydrogen) atoms. The van der Waals surface area contributed by atoms with Crippen molar-refractivity contribution in [2.45, 2.75) is 38.6 Å². The number of nitrogens with two attached hydrogens (primary N) is 1. The maximum absolute atomic E-state index is 12.3. The van der Waals surface area contributed by atoms with Crippen LogP contribution in [0.1, 0.15) is 41.6 Å². The van der Waals surface area contributed by atoms with Crippen molar-refractivity contribution in [1.82, 2.24) is 4.90 Å². The molecule has 0 unspecified atom stereocenters. The molecule has 3 heteroatoms.